The summed E-state index contributed by atoms with van der Waals surface area (Å²) in [7, 11) is 1.75. The Bertz CT molecular complexity index is 567. The average molecular weight is 465 g/mol. The molecule has 0 spiro atoms. The molecule has 0 aliphatic carbocycles. The van der Waals surface area contributed by atoms with Crippen molar-refractivity contribution < 1.29 is 13.9 Å². The first-order chi connectivity index (χ1) is 11.6. The predicted molar refractivity (Wildman–Crippen MR) is 109 cm³/mol. The Balaban J connectivity index is 0.00000312. The lowest BCUT2D eigenvalue weighted by Gasteiger charge is -2.21. The van der Waals surface area contributed by atoms with Gasteiger partial charge in [0, 0.05) is 25.7 Å². The third-order valence-corrected chi connectivity index (χ3v) is 3.91. The number of nitrogens with zero attached hydrogens (tertiary/aromatic N) is 1. The zero-order valence-corrected chi connectivity index (χ0v) is 17.6. The molecule has 0 bridgehead atoms. The van der Waals surface area contributed by atoms with Crippen molar-refractivity contribution in [1.29, 1.82) is 0 Å². The number of aliphatic imine (C=N–C) groups is 1. The Morgan fingerprint density at radius 2 is 2.04 bits per heavy atom. The molecule has 0 saturated carbocycles. The van der Waals surface area contributed by atoms with Crippen molar-refractivity contribution in [1.82, 2.24) is 10.6 Å². The van der Waals surface area contributed by atoms with Crippen LogP contribution in [0.5, 0.6) is 5.75 Å². The van der Waals surface area contributed by atoms with E-state index in [1.807, 2.05) is 0 Å². The number of fused-ring (bicyclic) bond motifs is 1. The second-order valence-corrected chi connectivity index (χ2v) is 6.38. The molecule has 1 aliphatic heterocycles. The summed E-state index contributed by atoms with van der Waals surface area (Å²) >= 11 is 0. The van der Waals surface area contributed by atoms with Crippen molar-refractivity contribution in [3.63, 3.8) is 0 Å². The lowest BCUT2D eigenvalue weighted by atomic mass is 10.1. The lowest BCUT2D eigenvalue weighted by molar-refractivity contribution is -0.0172. The van der Waals surface area contributed by atoms with Crippen LogP contribution in [-0.2, 0) is 17.8 Å². The van der Waals surface area contributed by atoms with Crippen molar-refractivity contribution >= 4 is 29.9 Å². The lowest BCUT2D eigenvalue weighted by Crippen LogP contribution is -2.38. The number of hydrogen-bond donors (Lipinski definition) is 2. The highest BCUT2D eigenvalue weighted by molar-refractivity contribution is 14.0. The van der Waals surface area contributed by atoms with E-state index in [9.17, 15) is 4.39 Å². The molecule has 0 saturated heterocycles. The maximum absolute atomic E-state index is 13.7. The molecule has 1 aromatic carbocycles. The minimum Gasteiger partial charge on any atom is -0.467 e. The highest BCUT2D eigenvalue weighted by Crippen LogP contribution is 2.29. The maximum Gasteiger partial charge on any atom is 0.190 e. The summed E-state index contributed by atoms with van der Waals surface area (Å²) in [6.07, 6.45) is 2.97. The Kier molecular flexibility index (Phi) is 10.1. The number of hydrogen-bond acceptors (Lipinski definition) is 3. The van der Waals surface area contributed by atoms with E-state index < -0.39 is 0 Å². The fourth-order valence-electron chi connectivity index (χ4n) is 2.70. The zero-order chi connectivity index (χ0) is 17.4. The van der Waals surface area contributed by atoms with Gasteiger partial charge in [-0.3, -0.25) is 4.99 Å². The summed E-state index contributed by atoms with van der Waals surface area (Å²) in [5, 5.41) is 6.56. The summed E-state index contributed by atoms with van der Waals surface area (Å²) in [6.45, 7) is 6.61. The molecule has 1 aromatic rings. The molecule has 1 heterocycles. The number of benzene rings is 1. The van der Waals surface area contributed by atoms with Gasteiger partial charge in [0.05, 0.1) is 6.61 Å². The van der Waals surface area contributed by atoms with E-state index in [0.717, 1.165) is 35.8 Å². The van der Waals surface area contributed by atoms with E-state index in [0.29, 0.717) is 25.5 Å². The summed E-state index contributed by atoms with van der Waals surface area (Å²) in [4.78, 5) is 4.21. The van der Waals surface area contributed by atoms with Crippen LogP contribution in [0, 0.1) is 11.7 Å². The molecule has 7 heteroatoms. The third kappa shape index (κ3) is 7.35. The minimum absolute atomic E-state index is 0. The molecular formula is C18H29FIN3O2. The van der Waals surface area contributed by atoms with Crippen LogP contribution in [-0.4, -0.2) is 32.9 Å². The molecule has 0 unspecified atom stereocenters. The summed E-state index contributed by atoms with van der Waals surface area (Å²) in [6, 6.07) is 3.01. The van der Waals surface area contributed by atoms with E-state index in [4.69, 9.17) is 9.47 Å². The standard InChI is InChI=1S/C18H28FN3O2.HI/c1-13(2)5-4-7-21-18(20-3)22-8-6-14-9-16(19)10-15-11-23-12-24-17(14)15;/h9-10,13H,4-8,11-12H2,1-3H3,(H2,20,21,22);1H. The van der Waals surface area contributed by atoms with Gasteiger partial charge < -0.3 is 20.1 Å². The Hall–Kier alpha value is -1.09. The molecule has 25 heavy (non-hydrogen) atoms. The molecule has 0 fully saturated rings. The molecule has 5 nitrogen and oxygen atoms in total. The molecule has 2 rings (SSSR count). The van der Waals surface area contributed by atoms with Crippen molar-refractivity contribution in [2.45, 2.75) is 39.7 Å². The van der Waals surface area contributed by atoms with E-state index in [-0.39, 0.29) is 36.6 Å². The van der Waals surface area contributed by atoms with Gasteiger partial charge >= 0.3 is 0 Å². The van der Waals surface area contributed by atoms with E-state index in [1.54, 1.807) is 7.05 Å². The van der Waals surface area contributed by atoms with Gasteiger partial charge in [0.15, 0.2) is 12.8 Å². The van der Waals surface area contributed by atoms with Gasteiger partial charge in [0.25, 0.3) is 0 Å². The second-order valence-electron chi connectivity index (χ2n) is 6.38. The van der Waals surface area contributed by atoms with Gasteiger partial charge in [-0.2, -0.15) is 0 Å². The first-order valence-electron chi connectivity index (χ1n) is 8.56. The summed E-state index contributed by atoms with van der Waals surface area (Å²) in [5.74, 6) is 1.98. The normalized spacial score (nSPS) is 13.7. The Morgan fingerprint density at radius 1 is 1.28 bits per heavy atom. The van der Waals surface area contributed by atoms with Crippen LogP contribution in [0.3, 0.4) is 0 Å². The van der Waals surface area contributed by atoms with Gasteiger partial charge in [-0.15, -0.1) is 24.0 Å². The fourth-order valence-corrected chi connectivity index (χ4v) is 2.70. The van der Waals surface area contributed by atoms with Gasteiger partial charge in [-0.1, -0.05) is 13.8 Å². The highest BCUT2D eigenvalue weighted by Gasteiger charge is 2.16. The smallest absolute Gasteiger partial charge is 0.190 e. The van der Waals surface area contributed by atoms with Gasteiger partial charge in [0.1, 0.15) is 11.6 Å². The Labute approximate surface area is 166 Å². The molecule has 2 N–H and O–H groups in total. The van der Waals surface area contributed by atoms with Crippen LogP contribution in [0.15, 0.2) is 17.1 Å². The van der Waals surface area contributed by atoms with Crippen LogP contribution >= 0.6 is 24.0 Å². The molecule has 1 aliphatic rings. The van der Waals surface area contributed by atoms with Crippen LogP contribution in [0.2, 0.25) is 0 Å². The average Bonchev–Trinajstić information content (AvgIpc) is 2.56. The predicted octanol–water partition coefficient (Wildman–Crippen LogP) is 3.45. The van der Waals surface area contributed by atoms with E-state index in [1.165, 1.54) is 18.6 Å². The molecule has 0 amide bonds. The van der Waals surface area contributed by atoms with Crippen molar-refractivity contribution in [3.05, 3.63) is 29.1 Å². The fraction of sp³-hybridized carbons (Fsp3) is 0.611. The van der Waals surface area contributed by atoms with Crippen molar-refractivity contribution in [3.8, 4) is 5.75 Å². The van der Waals surface area contributed by atoms with Gasteiger partial charge in [0.2, 0.25) is 0 Å². The number of ether oxygens (including phenoxy) is 2. The number of guanidine groups is 1. The molecule has 142 valence electrons. The van der Waals surface area contributed by atoms with E-state index >= 15 is 0 Å². The number of nitrogens with one attached hydrogen (secondary N) is 2. The monoisotopic (exact) mass is 465 g/mol. The van der Waals surface area contributed by atoms with Gasteiger partial charge in [-0.25, -0.2) is 4.39 Å². The molecule has 0 radical (unpaired) electrons. The molecule has 0 aromatic heterocycles. The summed E-state index contributed by atoms with van der Waals surface area (Å²) in [5.41, 5.74) is 1.63. The van der Waals surface area contributed by atoms with Crippen LogP contribution < -0.4 is 15.4 Å². The highest BCUT2D eigenvalue weighted by atomic mass is 127. The zero-order valence-electron chi connectivity index (χ0n) is 15.2. The number of halogens is 2. The van der Waals surface area contributed by atoms with E-state index in [2.05, 4.69) is 29.5 Å². The van der Waals surface area contributed by atoms with Crippen molar-refractivity contribution in [2.75, 3.05) is 26.9 Å². The van der Waals surface area contributed by atoms with Crippen LogP contribution in [0.1, 0.15) is 37.8 Å². The Morgan fingerprint density at radius 3 is 2.76 bits per heavy atom. The van der Waals surface area contributed by atoms with Crippen molar-refractivity contribution in [2.24, 2.45) is 10.9 Å². The third-order valence-electron chi connectivity index (χ3n) is 3.91. The topological polar surface area (TPSA) is 54.9 Å². The van der Waals surface area contributed by atoms with Crippen LogP contribution in [0.4, 0.5) is 4.39 Å². The van der Waals surface area contributed by atoms with Gasteiger partial charge in [-0.05, 0) is 42.9 Å². The summed E-state index contributed by atoms with van der Waals surface area (Å²) < 4.78 is 24.4. The quantitative estimate of drug-likeness (QED) is 0.281. The van der Waals surface area contributed by atoms with Crippen LogP contribution in [0.25, 0.3) is 0 Å². The number of rotatable bonds is 7. The minimum atomic E-state index is -0.256. The SMILES string of the molecule is CN=C(NCCCC(C)C)NCCc1cc(F)cc2c1OCOC2.I. The largest absolute Gasteiger partial charge is 0.467 e. The molecular weight excluding hydrogens is 436 g/mol. The first-order valence-corrected chi connectivity index (χ1v) is 8.56. The molecule has 0 atom stereocenters. The first kappa shape index (κ1) is 22.0. The second kappa shape index (κ2) is 11.5. The maximum atomic E-state index is 13.7.